The summed E-state index contributed by atoms with van der Waals surface area (Å²) in [5.41, 5.74) is 0.354. The van der Waals surface area contributed by atoms with Gasteiger partial charge in [0, 0.05) is 12.2 Å². The minimum atomic E-state index is -0.537. The zero-order chi connectivity index (χ0) is 17.9. The Bertz CT molecular complexity index is 580. The average molecular weight is 339 g/mol. The number of urea groups is 1. The van der Waals surface area contributed by atoms with Crippen molar-refractivity contribution in [2.45, 2.75) is 19.8 Å². The van der Waals surface area contributed by atoms with Crippen LogP contribution in [0.4, 0.5) is 14.9 Å². The highest BCUT2D eigenvalue weighted by atomic mass is 19.1. The van der Waals surface area contributed by atoms with Crippen LogP contribution in [0, 0.1) is 5.82 Å². The normalized spacial score (nSPS) is 11.5. The van der Waals surface area contributed by atoms with Crippen molar-refractivity contribution in [2.75, 3.05) is 32.0 Å². The van der Waals surface area contributed by atoms with E-state index in [1.54, 1.807) is 13.1 Å². The molecule has 4 N–H and O–H groups in total. The van der Waals surface area contributed by atoms with E-state index in [1.165, 1.54) is 18.2 Å². The number of anilines is 1. The van der Waals surface area contributed by atoms with Crippen LogP contribution >= 0.6 is 0 Å². The van der Waals surface area contributed by atoms with E-state index in [2.05, 4.69) is 16.0 Å². The van der Waals surface area contributed by atoms with Gasteiger partial charge < -0.3 is 15.5 Å². The summed E-state index contributed by atoms with van der Waals surface area (Å²) in [6.45, 7) is 2.49. The predicted molar refractivity (Wildman–Crippen MR) is 88.1 cm³/mol. The second kappa shape index (κ2) is 10.3. The Balaban J connectivity index is 2.31. The maximum atomic E-state index is 13.0. The van der Waals surface area contributed by atoms with Crippen molar-refractivity contribution in [1.29, 1.82) is 0 Å². The van der Waals surface area contributed by atoms with Gasteiger partial charge in [-0.15, -0.1) is 0 Å². The lowest BCUT2D eigenvalue weighted by Crippen LogP contribution is -3.11. The summed E-state index contributed by atoms with van der Waals surface area (Å²) < 4.78 is 13.0. The maximum Gasteiger partial charge on any atom is 0.321 e. The number of amides is 4. The van der Waals surface area contributed by atoms with Crippen molar-refractivity contribution < 1.29 is 23.7 Å². The van der Waals surface area contributed by atoms with Crippen LogP contribution in [0.1, 0.15) is 19.8 Å². The van der Waals surface area contributed by atoms with Crippen molar-refractivity contribution in [3.05, 3.63) is 30.1 Å². The molecule has 0 heterocycles. The topological polar surface area (TPSA) is 91.7 Å². The molecule has 1 unspecified atom stereocenters. The monoisotopic (exact) mass is 339 g/mol. The molecular weight excluding hydrogens is 315 g/mol. The van der Waals surface area contributed by atoms with E-state index >= 15 is 0 Å². The Morgan fingerprint density at radius 3 is 2.54 bits per heavy atom. The largest absolute Gasteiger partial charge is 0.338 e. The number of likely N-dealkylation sites (N-methyl/N-ethyl adjacent to an activating group) is 1. The number of hydrogen-bond donors (Lipinski definition) is 4. The van der Waals surface area contributed by atoms with E-state index in [0.717, 1.165) is 12.8 Å². The van der Waals surface area contributed by atoms with Gasteiger partial charge >= 0.3 is 6.03 Å². The molecule has 0 saturated carbocycles. The Kier molecular flexibility index (Phi) is 8.42. The molecule has 0 aliphatic carbocycles. The molecule has 7 nitrogen and oxygen atoms in total. The summed E-state index contributed by atoms with van der Waals surface area (Å²) in [5, 5.41) is 7.33. The standard InChI is InChI=1S/C16H23FN4O3/c1-3-4-8-18-16(24)20-15(23)11-21(2)10-14(22)19-13-7-5-6-12(17)9-13/h5-7,9H,3-4,8,10-11H2,1-2H3,(H,19,22)(H2,18,20,23,24)/p+1. The SMILES string of the molecule is CCCCNC(=O)NC(=O)C[NH+](C)CC(=O)Nc1cccc(F)c1. The van der Waals surface area contributed by atoms with E-state index in [1.807, 2.05) is 6.92 Å². The summed E-state index contributed by atoms with van der Waals surface area (Å²) >= 11 is 0. The van der Waals surface area contributed by atoms with Gasteiger partial charge in [-0.05, 0) is 24.6 Å². The summed E-state index contributed by atoms with van der Waals surface area (Å²) in [6.07, 6.45) is 1.79. The first-order valence-electron chi connectivity index (χ1n) is 7.85. The molecular formula is C16H24FN4O3+. The number of halogens is 1. The molecule has 0 aromatic heterocycles. The van der Waals surface area contributed by atoms with Crippen LogP contribution in [0.5, 0.6) is 0 Å². The fourth-order valence-corrected chi connectivity index (χ4v) is 1.98. The molecule has 8 heteroatoms. The summed E-state index contributed by atoms with van der Waals surface area (Å²) in [6, 6.07) is 5.02. The van der Waals surface area contributed by atoms with Crippen LogP contribution in [0.3, 0.4) is 0 Å². The van der Waals surface area contributed by atoms with Gasteiger partial charge in [-0.25, -0.2) is 9.18 Å². The number of rotatable bonds is 8. The van der Waals surface area contributed by atoms with Crippen LogP contribution < -0.4 is 20.9 Å². The quantitative estimate of drug-likeness (QED) is 0.499. The number of carbonyl (C=O) groups is 3. The summed E-state index contributed by atoms with van der Waals surface area (Å²) in [4.78, 5) is 35.6. The average Bonchev–Trinajstić information content (AvgIpc) is 2.46. The van der Waals surface area contributed by atoms with Crippen molar-refractivity contribution in [1.82, 2.24) is 10.6 Å². The first-order valence-corrected chi connectivity index (χ1v) is 7.85. The molecule has 1 aromatic carbocycles. The lowest BCUT2D eigenvalue weighted by Gasteiger charge is -2.13. The second-order valence-electron chi connectivity index (χ2n) is 5.53. The first kappa shape index (κ1) is 19.6. The molecule has 132 valence electrons. The number of quaternary nitrogens is 1. The van der Waals surface area contributed by atoms with E-state index < -0.39 is 17.8 Å². The summed E-state index contributed by atoms with van der Waals surface area (Å²) in [7, 11) is 1.65. The van der Waals surface area contributed by atoms with Gasteiger partial charge in [0.15, 0.2) is 13.1 Å². The Morgan fingerprint density at radius 1 is 1.17 bits per heavy atom. The Labute approximate surface area is 140 Å². The molecule has 0 radical (unpaired) electrons. The molecule has 0 saturated heterocycles. The Hall–Kier alpha value is -2.48. The highest BCUT2D eigenvalue weighted by Gasteiger charge is 2.16. The van der Waals surface area contributed by atoms with Gasteiger partial charge in [-0.2, -0.15) is 0 Å². The minimum absolute atomic E-state index is 0.0153. The van der Waals surface area contributed by atoms with Crippen LogP contribution in [0.15, 0.2) is 24.3 Å². The van der Waals surface area contributed by atoms with Gasteiger partial charge in [-0.3, -0.25) is 14.9 Å². The minimum Gasteiger partial charge on any atom is -0.338 e. The smallest absolute Gasteiger partial charge is 0.321 e. The van der Waals surface area contributed by atoms with Crippen molar-refractivity contribution in [3.8, 4) is 0 Å². The van der Waals surface area contributed by atoms with E-state index in [9.17, 15) is 18.8 Å². The first-order chi connectivity index (χ1) is 11.4. The highest BCUT2D eigenvalue weighted by Crippen LogP contribution is 2.08. The van der Waals surface area contributed by atoms with E-state index in [4.69, 9.17) is 0 Å². The molecule has 4 amide bonds. The zero-order valence-electron chi connectivity index (χ0n) is 13.9. The predicted octanol–water partition coefficient (Wildman–Crippen LogP) is -0.0952. The third-order valence-corrected chi connectivity index (χ3v) is 3.10. The molecule has 1 aromatic rings. The molecule has 0 spiro atoms. The molecule has 24 heavy (non-hydrogen) atoms. The fourth-order valence-electron chi connectivity index (χ4n) is 1.98. The molecule has 0 aliphatic rings. The lowest BCUT2D eigenvalue weighted by atomic mass is 10.3. The molecule has 0 fully saturated rings. The molecule has 1 rings (SSSR count). The van der Waals surface area contributed by atoms with Crippen LogP contribution in [-0.4, -0.2) is 44.5 Å². The van der Waals surface area contributed by atoms with Gasteiger partial charge in [-0.1, -0.05) is 19.4 Å². The van der Waals surface area contributed by atoms with E-state index in [0.29, 0.717) is 17.1 Å². The lowest BCUT2D eigenvalue weighted by molar-refractivity contribution is -0.862. The third-order valence-electron chi connectivity index (χ3n) is 3.10. The highest BCUT2D eigenvalue weighted by molar-refractivity contribution is 5.95. The van der Waals surface area contributed by atoms with Gasteiger partial charge in [0.25, 0.3) is 11.8 Å². The maximum absolute atomic E-state index is 13.0. The van der Waals surface area contributed by atoms with Crippen LogP contribution in [0.25, 0.3) is 0 Å². The number of benzene rings is 1. The van der Waals surface area contributed by atoms with Crippen molar-refractivity contribution in [2.24, 2.45) is 0 Å². The zero-order valence-corrected chi connectivity index (χ0v) is 13.9. The number of imide groups is 1. The second-order valence-corrected chi connectivity index (χ2v) is 5.53. The van der Waals surface area contributed by atoms with Crippen molar-refractivity contribution >= 4 is 23.5 Å². The van der Waals surface area contributed by atoms with E-state index in [-0.39, 0.29) is 19.0 Å². The third kappa shape index (κ3) is 8.23. The summed E-state index contributed by atoms with van der Waals surface area (Å²) in [5.74, 6) is -1.26. The van der Waals surface area contributed by atoms with Gasteiger partial charge in [0.05, 0.1) is 7.05 Å². The number of unbranched alkanes of at least 4 members (excludes halogenated alkanes) is 1. The van der Waals surface area contributed by atoms with Crippen molar-refractivity contribution in [3.63, 3.8) is 0 Å². The fraction of sp³-hybridized carbons (Fsp3) is 0.438. The van der Waals surface area contributed by atoms with Crippen LogP contribution in [0.2, 0.25) is 0 Å². The molecule has 0 aliphatic heterocycles. The number of hydrogen-bond acceptors (Lipinski definition) is 3. The number of nitrogens with one attached hydrogen (secondary N) is 4. The van der Waals surface area contributed by atoms with Crippen LogP contribution in [-0.2, 0) is 9.59 Å². The molecule has 0 bridgehead atoms. The van der Waals surface area contributed by atoms with Gasteiger partial charge in [0.1, 0.15) is 5.82 Å². The van der Waals surface area contributed by atoms with Gasteiger partial charge in [0.2, 0.25) is 0 Å². The number of carbonyl (C=O) groups excluding carboxylic acids is 3. The molecule has 1 atom stereocenters. The Morgan fingerprint density at radius 2 is 1.88 bits per heavy atom.